The molecule has 2 rings (SSSR count). The molecule has 0 aromatic heterocycles. The second-order valence-electron chi connectivity index (χ2n) is 5.45. The maximum atomic E-state index is 12.4. The molecule has 1 amide bonds. The van der Waals surface area contributed by atoms with Crippen molar-refractivity contribution in [2.75, 3.05) is 32.6 Å². The number of hydrogen-bond acceptors (Lipinski definition) is 4. The van der Waals surface area contributed by atoms with Gasteiger partial charge in [0.15, 0.2) is 0 Å². The first-order valence-corrected chi connectivity index (χ1v) is 7.17. The molecule has 1 aromatic rings. The van der Waals surface area contributed by atoms with E-state index in [1.165, 1.54) is 12.7 Å². The lowest BCUT2D eigenvalue weighted by molar-refractivity contribution is -0.141. The standard InChI is InChI=1S/C16H22N2O3/c1-17(2)13-10-11-18(14-7-5-4-6-12(13)14)15(19)8-9-16(20)21-3/h4-7,13H,8-11H2,1-3H3. The Kier molecular flexibility index (Phi) is 4.96. The Balaban J connectivity index is 2.17. The van der Waals surface area contributed by atoms with Crippen molar-refractivity contribution in [1.29, 1.82) is 0 Å². The zero-order chi connectivity index (χ0) is 15.4. The van der Waals surface area contributed by atoms with E-state index >= 15 is 0 Å². The highest BCUT2D eigenvalue weighted by Crippen LogP contribution is 2.36. The van der Waals surface area contributed by atoms with Crippen LogP contribution in [0.4, 0.5) is 5.69 Å². The predicted octanol–water partition coefficient (Wildman–Crippen LogP) is 1.98. The Labute approximate surface area is 125 Å². The molecule has 1 aliphatic rings. The van der Waals surface area contributed by atoms with Gasteiger partial charge < -0.3 is 14.5 Å². The molecule has 0 spiro atoms. The zero-order valence-corrected chi connectivity index (χ0v) is 12.8. The molecule has 0 radical (unpaired) electrons. The van der Waals surface area contributed by atoms with Crippen LogP contribution < -0.4 is 4.90 Å². The SMILES string of the molecule is COC(=O)CCC(=O)N1CCC(N(C)C)c2ccccc21. The lowest BCUT2D eigenvalue weighted by atomic mass is 9.95. The highest BCUT2D eigenvalue weighted by atomic mass is 16.5. The van der Waals surface area contributed by atoms with E-state index in [-0.39, 0.29) is 24.7 Å². The molecular formula is C16H22N2O3. The molecule has 0 aliphatic carbocycles. The Hall–Kier alpha value is -1.88. The minimum atomic E-state index is -0.347. The summed E-state index contributed by atoms with van der Waals surface area (Å²) < 4.78 is 4.59. The van der Waals surface area contributed by atoms with E-state index < -0.39 is 0 Å². The summed E-state index contributed by atoms with van der Waals surface area (Å²) in [4.78, 5) is 27.5. The molecule has 1 atom stereocenters. The van der Waals surface area contributed by atoms with Crippen molar-refractivity contribution < 1.29 is 14.3 Å². The summed E-state index contributed by atoms with van der Waals surface area (Å²) >= 11 is 0. The average molecular weight is 290 g/mol. The number of benzene rings is 1. The van der Waals surface area contributed by atoms with Crippen LogP contribution in [-0.4, -0.2) is 44.5 Å². The minimum Gasteiger partial charge on any atom is -0.469 e. The average Bonchev–Trinajstić information content (AvgIpc) is 2.50. The molecule has 114 valence electrons. The van der Waals surface area contributed by atoms with Crippen LogP contribution in [0.15, 0.2) is 24.3 Å². The largest absolute Gasteiger partial charge is 0.469 e. The predicted molar refractivity (Wildman–Crippen MR) is 81.1 cm³/mol. The molecule has 5 heteroatoms. The molecule has 0 saturated heterocycles. The van der Waals surface area contributed by atoms with Gasteiger partial charge in [0.25, 0.3) is 0 Å². The first kappa shape index (κ1) is 15.5. The molecule has 1 aromatic carbocycles. The lowest BCUT2D eigenvalue weighted by Gasteiger charge is -2.37. The monoisotopic (exact) mass is 290 g/mol. The fourth-order valence-electron chi connectivity index (χ4n) is 2.78. The van der Waals surface area contributed by atoms with Crippen molar-refractivity contribution in [3.8, 4) is 0 Å². The van der Waals surface area contributed by atoms with Crippen LogP contribution in [0.3, 0.4) is 0 Å². The molecule has 0 fully saturated rings. The number of anilines is 1. The lowest BCUT2D eigenvalue weighted by Crippen LogP contribution is -2.39. The maximum absolute atomic E-state index is 12.4. The third-order valence-electron chi connectivity index (χ3n) is 3.91. The van der Waals surface area contributed by atoms with Crippen molar-refractivity contribution in [2.24, 2.45) is 0 Å². The molecule has 0 bridgehead atoms. The van der Waals surface area contributed by atoms with E-state index in [1.54, 1.807) is 4.90 Å². The molecule has 0 saturated carbocycles. The number of para-hydroxylation sites is 1. The van der Waals surface area contributed by atoms with Gasteiger partial charge in [-0.05, 0) is 32.1 Å². The smallest absolute Gasteiger partial charge is 0.306 e. The van der Waals surface area contributed by atoms with E-state index in [4.69, 9.17) is 0 Å². The van der Waals surface area contributed by atoms with Gasteiger partial charge in [0.1, 0.15) is 0 Å². The number of esters is 1. The summed E-state index contributed by atoms with van der Waals surface area (Å²) in [6, 6.07) is 8.31. The highest BCUT2D eigenvalue weighted by Gasteiger charge is 2.29. The van der Waals surface area contributed by atoms with E-state index in [1.807, 2.05) is 18.2 Å². The van der Waals surface area contributed by atoms with Crippen molar-refractivity contribution in [2.45, 2.75) is 25.3 Å². The Bertz CT molecular complexity index is 528. The molecule has 0 N–H and O–H groups in total. The Morgan fingerprint density at radius 1 is 1.29 bits per heavy atom. The van der Waals surface area contributed by atoms with Gasteiger partial charge in [0, 0.05) is 24.7 Å². The van der Waals surface area contributed by atoms with Gasteiger partial charge >= 0.3 is 5.97 Å². The topological polar surface area (TPSA) is 49.9 Å². The molecule has 5 nitrogen and oxygen atoms in total. The number of amides is 1. The number of fused-ring (bicyclic) bond motifs is 1. The van der Waals surface area contributed by atoms with Gasteiger partial charge in [-0.25, -0.2) is 0 Å². The van der Waals surface area contributed by atoms with E-state index in [0.717, 1.165) is 12.1 Å². The van der Waals surface area contributed by atoms with Gasteiger partial charge in [-0.2, -0.15) is 0 Å². The summed E-state index contributed by atoms with van der Waals surface area (Å²) in [7, 11) is 5.44. The molecule has 21 heavy (non-hydrogen) atoms. The van der Waals surface area contributed by atoms with Gasteiger partial charge in [-0.3, -0.25) is 9.59 Å². The second-order valence-corrected chi connectivity index (χ2v) is 5.45. The summed E-state index contributed by atoms with van der Waals surface area (Å²) in [5, 5.41) is 0. The number of ether oxygens (including phenoxy) is 1. The number of hydrogen-bond donors (Lipinski definition) is 0. The summed E-state index contributed by atoms with van der Waals surface area (Å²) in [5.74, 6) is -0.370. The van der Waals surface area contributed by atoms with Crippen LogP contribution in [-0.2, 0) is 14.3 Å². The third-order valence-corrected chi connectivity index (χ3v) is 3.91. The van der Waals surface area contributed by atoms with Crippen molar-refractivity contribution in [3.63, 3.8) is 0 Å². The normalized spacial score (nSPS) is 17.5. The van der Waals surface area contributed by atoms with Crippen molar-refractivity contribution >= 4 is 17.6 Å². The maximum Gasteiger partial charge on any atom is 0.306 e. The Morgan fingerprint density at radius 2 is 2.00 bits per heavy atom. The first-order valence-electron chi connectivity index (χ1n) is 7.17. The number of nitrogens with zero attached hydrogens (tertiary/aromatic N) is 2. The minimum absolute atomic E-state index is 0.0231. The van der Waals surface area contributed by atoms with Crippen molar-refractivity contribution in [1.82, 2.24) is 4.90 Å². The number of rotatable bonds is 4. The summed E-state index contributed by atoms with van der Waals surface area (Å²) in [6.45, 7) is 0.680. The van der Waals surface area contributed by atoms with E-state index in [2.05, 4.69) is 29.8 Å². The van der Waals surface area contributed by atoms with Gasteiger partial charge in [0.2, 0.25) is 5.91 Å². The molecule has 1 heterocycles. The van der Waals surface area contributed by atoms with Crippen LogP contribution in [0.2, 0.25) is 0 Å². The second kappa shape index (κ2) is 6.72. The highest BCUT2D eigenvalue weighted by molar-refractivity contribution is 5.96. The fourth-order valence-corrected chi connectivity index (χ4v) is 2.78. The van der Waals surface area contributed by atoms with Crippen molar-refractivity contribution in [3.05, 3.63) is 29.8 Å². The quantitative estimate of drug-likeness (QED) is 0.796. The molecule has 1 aliphatic heterocycles. The summed E-state index contributed by atoms with van der Waals surface area (Å²) in [6.07, 6.45) is 1.22. The summed E-state index contributed by atoms with van der Waals surface area (Å²) in [5.41, 5.74) is 2.12. The zero-order valence-electron chi connectivity index (χ0n) is 12.8. The van der Waals surface area contributed by atoms with Gasteiger partial charge in [0.05, 0.1) is 13.5 Å². The fraction of sp³-hybridized carbons (Fsp3) is 0.500. The third kappa shape index (κ3) is 3.42. The van der Waals surface area contributed by atoms with E-state index in [9.17, 15) is 9.59 Å². The van der Waals surface area contributed by atoms with Crippen LogP contribution in [0.25, 0.3) is 0 Å². The van der Waals surface area contributed by atoms with Crippen LogP contribution in [0.5, 0.6) is 0 Å². The number of carbonyl (C=O) groups excluding carboxylic acids is 2. The molecular weight excluding hydrogens is 268 g/mol. The Morgan fingerprint density at radius 3 is 2.67 bits per heavy atom. The molecule has 1 unspecified atom stereocenters. The van der Waals surface area contributed by atoms with Gasteiger partial charge in [-0.1, -0.05) is 18.2 Å². The van der Waals surface area contributed by atoms with Crippen LogP contribution in [0, 0.1) is 0 Å². The van der Waals surface area contributed by atoms with Gasteiger partial charge in [-0.15, -0.1) is 0 Å². The number of methoxy groups -OCH3 is 1. The first-order chi connectivity index (χ1) is 10.0. The number of carbonyl (C=O) groups is 2. The van der Waals surface area contributed by atoms with E-state index in [0.29, 0.717) is 12.6 Å². The van der Waals surface area contributed by atoms with Crippen LogP contribution in [0.1, 0.15) is 30.9 Å². The van der Waals surface area contributed by atoms with Crippen LogP contribution >= 0.6 is 0 Å².